The van der Waals surface area contributed by atoms with Crippen LogP contribution in [-0.2, 0) is 11.3 Å². The predicted octanol–water partition coefficient (Wildman–Crippen LogP) is 4.59. The molecular formula is C21H26N4O2S. The van der Waals surface area contributed by atoms with Gasteiger partial charge < -0.3 is 9.32 Å². The van der Waals surface area contributed by atoms with Gasteiger partial charge in [0.15, 0.2) is 10.9 Å². The Kier molecular flexibility index (Phi) is 5.71. The molecule has 0 atom stereocenters. The van der Waals surface area contributed by atoms with E-state index in [0.717, 1.165) is 29.0 Å². The zero-order valence-corrected chi connectivity index (χ0v) is 17.2. The van der Waals surface area contributed by atoms with Crippen LogP contribution in [-0.4, -0.2) is 44.4 Å². The number of furan rings is 1. The van der Waals surface area contributed by atoms with Crippen LogP contribution in [0.3, 0.4) is 0 Å². The third-order valence-corrected chi connectivity index (χ3v) is 6.47. The number of rotatable bonds is 6. The Hall–Kier alpha value is -2.28. The van der Waals surface area contributed by atoms with Gasteiger partial charge >= 0.3 is 0 Å². The molecule has 4 rings (SSSR count). The molecule has 6 nitrogen and oxygen atoms in total. The highest BCUT2D eigenvalue weighted by Crippen LogP contribution is 2.29. The molecule has 2 aromatic heterocycles. The zero-order chi connectivity index (χ0) is 19.5. The van der Waals surface area contributed by atoms with Gasteiger partial charge in [0.1, 0.15) is 5.58 Å². The number of hydrogen-bond donors (Lipinski definition) is 0. The molecule has 0 N–H and O–H groups in total. The molecule has 1 aliphatic carbocycles. The molecular weight excluding hydrogens is 372 g/mol. The van der Waals surface area contributed by atoms with Crippen LogP contribution < -0.4 is 0 Å². The molecule has 7 heteroatoms. The Morgan fingerprint density at radius 1 is 1.25 bits per heavy atom. The third kappa shape index (κ3) is 3.81. The largest absolute Gasteiger partial charge is 0.453 e. The van der Waals surface area contributed by atoms with E-state index in [1.807, 2.05) is 46.8 Å². The van der Waals surface area contributed by atoms with Crippen molar-refractivity contribution in [2.24, 2.45) is 0 Å². The first kappa shape index (κ1) is 19.1. The number of carbonyl (C=O) groups is 1. The van der Waals surface area contributed by atoms with Crippen molar-refractivity contribution in [1.82, 2.24) is 19.7 Å². The third-order valence-electron chi connectivity index (χ3n) is 5.52. The van der Waals surface area contributed by atoms with E-state index in [1.165, 1.54) is 31.0 Å². The van der Waals surface area contributed by atoms with Gasteiger partial charge in [0.05, 0.1) is 5.75 Å². The molecule has 1 fully saturated rings. The van der Waals surface area contributed by atoms with Gasteiger partial charge in [-0.25, -0.2) is 0 Å². The van der Waals surface area contributed by atoms with E-state index in [1.54, 1.807) is 0 Å². The van der Waals surface area contributed by atoms with E-state index in [0.29, 0.717) is 29.9 Å². The van der Waals surface area contributed by atoms with Crippen molar-refractivity contribution >= 4 is 28.6 Å². The molecule has 28 heavy (non-hydrogen) atoms. The maximum absolute atomic E-state index is 12.6. The minimum atomic E-state index is 0.160. The second kappa shape index (κ2) is 8.39. The number of amides is 1. The molecule has 1 aromatic carbocycles. The molecule has 3 aromatic rings. The molecule has 0 unspecified atom stereocenters. The van der Waals surface area contributed by atoms with E-state index < -0.39 is 0 Å². The highest BCUT2D eigenvalue weighted by Gasteiger charge is 2.23. The Labute approximate surface area is 169 Å². The average molecular weight is 399 g/mol. The average Bonchev–Trinajstić information content (AvgIpc) is 3.35. The van der Waals surface area contributed by atoms with Crippen LogP contribution in [0.4, 0.5) is 0 Å². The number of fused-ring (bicyclic) bond motifs is 1. The molecule has 1 saturated carbocycles. The fourth-order valence-corrected chi connectivity index (χ4v) is 4.78. The van der Waals surface area contributed by atoms with Crippen LogP contribution >= 0.6 is 11.8 Å². The Balaban J connectivity index is 1.47. The molecule has 1 amide bonds. The molecule has 148 valence electrons. The SMILES string of the molecule is CCn1c(SCC(=O)N(C)C2CCCCC2)nnc1-c1cc2ccccc2o1. The lowest BCUT2D eigenvalue weighted by molar-refractivity contribution is -0.129. The van der Waals surface area contributed by atoms with Crippen LogP contribution in [0.2, 0.25) is 0 Å². The number of thioether (sulfide) groups is 1. The summed E-state index contributed by atoms with van der Waals surface area (Å²) >= 11 is 1.45. The number of benzene rings is 1. The van der Waals surface area contributed by atoms with Crippen LogP contribution in [0.15, 0.2) is 39.9 Å². The van der Waals surface area contributed by atoms with Gasteiger partial charge in [-0.05, 0) is 31.9 Å². The van der Waals surface area contributed by atoms with Gasteiger partial charge in [-0.1, -0.05) is 49.2 Å². The van der Waals surface area contributed by atoms with Gasteiger partial charge in [-0.15, -0.1) is 10.2 Å². The topological polar surface area (TPSA) is 64.2 Å². The van der Waals surface area contributed by atoms with Gasteiger partial charge in [0.25, 0.3) is 0 Å². The summed E-state index contributed by atoms with van der Waals surface area (Å²) in [4.78, 5) is 14.6. The number of hydrogen-bond acceptors (Lipinski definition) is 5. The number of aromatic nitrogens is 3. The van der Waals surface area contributed by atoms with Crippen LogP contribution in [0, 0.1) is 0 Å². The van der Waals surface area contributed by atoms with Gasteiger partial charge in [-0.3, -0.25) is 9.36 Å². The van der Waals surface area contributed by atoms with E-state index in [4.69, 9.17) is 4.42 Å². The predicted molar refractivity (Wildman–Crippen MR) is 111 cm³/mol. The highest BCUT2D eigenvalue weighted by molar-refractivity contribution is 7.99. The van der Waals surface area contributed by atoms with Crippen molar-refractivity contribution in [3.8, 4) is 11.6 Å². The lowest BCUT2D eigenvalue weighted by atomic mass is 9.94. The summed E-state index contributed by atoms with van der Waals surface area (Å²) < 4.78 is 7.96. The van der Waals surface area contributed by atoms with Crippen LogP contribution in [0.5, 0.6) is 0 Å². The number of para-hydroxylation sites is 1. The first-order chi connectivity index (χ1) is 13.7. The highest BCUT2D eigenvalue weighted by atomic mass is 32.2. The van der Waals surface area contributed by atoms with E-state index in [2.05, 4.69) is 17.1 Å². The summed E-state index contributed by atoms with van der Waals surface area (Å²) in [6.45, 7) is 2.77. The molecule has 0 saturated heterocycles. The van der Waals surface area contributed by atoms with E-state index in [9.17, 15) is 4.79 Å². The summed E-state index contributed by atoms with van der Waals surface area (Å²) in [5.74, 6) is 1.95. The Morgan fingerprint density at radius 2 is 2.04 bits per heavy atom. The zero-order valence-electron chi connectivity index (χ0n) is 16.4. The van der Waals surface area contributed by atoms with Gasteiger partial charge in [0, 0.05) is 25.0 Å². The fourth-order valence-electron chi connectivity index (χ4n) is 3.85. The van der Waals surface area contributed by atoms with Crippen molar-refractivity contribution in [1.29, 1.82) is 0 Å². The van der Waals surface area contributed by atoms with Gasteiger partial charge in [-0.2, -0.15) is 0 Å². The molecule has 0 aliphatic heterocycles. The summed E-state index contributed by atoms with van der Waals surface area (Å²) in [5.41, 5.74) is 0.835. The molecule has 0 bridgehead atoms. The standard InChI is InChI=1S/C21H26N4O2S/c1-3-25-20(18-13-15-9-7-8-12-17(15)27-18)22-23-21(25)28-14-19(26)24(2)16-10-5-4-6-11-16/h7-9,12-13,16H,3-6,10-11,14H2,1-2H3. The summed E-state index contributed by atoms with van der Waals surface area (Å²) in [6, 6.07) is 10.3. The van der Waals surface area contributed by atoms with Gasteiger partial charge in [0.2, 0.25) is 11.7 Å². The minimum Gasteiger partial charge on any atom is -0.453 e. The summed E-state index contributed by atoms with van der Waals surface area (Å²) in [7, 11) is 1.93. The normalized spacial score (nSPS) is 15.2. The Morgan fingerprint density at radius 3 is 2.79 bits per heavy atom. The molecule has 1 aliphatic rings. The Bertz CT molecular complexity index is 925. The smallest absolute Gasteiger partial charge is 0.233 e. The molecule has 0 spiro atoms. The minimum absolute atomic E-state index is 0.160. The first-order valence-electron chi connectivity index (χ1n) is 9.98. The van der Waals surface area contributed by atoms with Crippen LogP contribution in [0.25, 0.3) is 22.6 Å². The number of carbonyl (C=O) groups excluding carboxylic acids is 1. The van der Waals surface area contributed by atoms with E-state index >= 15 is 0 Å². The summed E-state index contributed by atoms with van der Waals surface area (Å²) in [6.07, 6.45) is 5.97. The van der Waals surface area contributed by atoms with E-state index in [-0.39, 0.29) is 5.91 Å². The first-order valence-corrected chi connectivity index (χ1v) is 11.0. The maximum atomic E-state index is 12.6. The van der Waals surface area contributed by atoms with Crippen molar-refractivity contribution in [3.05, 3.63) is 30.3 Å². The number of nitrogens with zero attached hydrogens (tertiary/aromatic N) is 4. The second-order valence-electron chi connectivity index (χ2n) is 7.28. The fraction of sp³-hybridized carbons (Fsp3) is 0.476. The monoisotopic (exact) mass is 398 g/mol. The maximum Gasteiger partial charge on any atom is 0.233 e. The van der Waals surface area contributed by atoms with Crippen molar-refractivity contribution < 1.29 is 9.21 Å². The van der Waals surface area contributed by atoms with Crippen molar-refractivity contribution in [2.45, 2.75) is 56.8 Å². The lowest BCUT2D eigenvalue weighted by Gasteiger charge is -2.31. The molecule has 2 heterocycles. The van der Waals surface area contributed by atoms with Crippen LogP contribution in [0.1, 0.15) is 39.0 Å². The lowest BCUT2D eigenvalue weighted by Crippen LogP contribution is -2.39. The quantitative estimate of drug-likeness (QED) is 0.568. The second-order valence-corrected chi connectivity index (χ2v) is 8.23. The van der Waals surface area contributed by atoms with Crippen molar-refractivity contribution in [2.75, 3.05) is 12.8 Å². The molecule has 0 radical (unpaired) electrons. The summed E-state index contributed by atoms with van der Waals surface area (Å²) in [5, 5.41) is 10.5. The van der Waals surface area contributed by atoms with Crippen molar-refractivity contribution in [3.63, 3.8) is 0 Å².